The highest BCUT2D eigenvalue weighted by Crippen LogP contribution is 2.31. The zero-order chi connectivity index (χ0) is 19.7. The number of carbonyl (C=O) groups excluding carboxylic acids is 1. The summed E-state index contributed by atoms with van der Waals surface area (Å²) in [6.07, 6.45) is -2.38. The Kier molecular flexibility index (Phi) is 5.03. The normalized spacial score (nSPS) is 14.6. The van der Waals surface area contributed by atoms with E-state index in [-0.39, 0.29) is 18.5 Å². The van der Waals surface area contributed by atoms with Crippen LogP contribution >= 0.6 is 11.7 Å². The maximum atomic E-state index is 12.7. The second-order valence-corrected chi connectivity index (χ2v) is 7.34. The third-order valence-electron chi connectivity index (χ3n) is 4.64. The standard InChI is InChI=1S/C19H17F3N4OS/c20-19(21,22)13-6-4-12(5-7-13)10-26(14-8-9-14)11-17(27)23-15-2-1-3-16-18(15)25-28-24-16/h1-7,14H,8-11H2,(H,23,27). The number of halogens is 3. The maximum Gasteiger partial charge on any atom is 0.416 e. The monoisotopic (exact) mass is 406 g/mol. The first-order valence-corrected chi connectivity index (χ1v) is 9.54. The van der Waals surface area contributed by atoms with Crippen LogP contribution in [0.4, 0.5) is 18.9 Å². The highest BCUT2D eigenvalue weighted by Gasteiger charge is 2.32. The van der Waals surface area contributed by atoms with E-state index in [0.29, 0.717) is 17.7 Å². The van der Waals surface area contributed by atoms with Crippen molar-refractivity contribution >= 4 is 34.4 Å². The summed E-state index contributed by atoms with van der Waals surface area (Å²) >= 11 is 1.09. The number of nitrogens with one attached hydrogen (secondary N) is 1. The van der Waals surface area contributed by atoms with E-state index in [1.54, 1.807) is 12.1 Å². The fraction of sp³-hybridized carbons (Fsp3) is 0.316. The number of rotatable bonds is 6. The molecule has 0 aliphatic heterocycles. The molecule has 5 nitrogen and oxygen atoms in total. The van der Waals surface area contributed by atoms with E-state index in [1.165, 1.54) is 12.1 Å². The molecule has 28 heavy (non-hydrogen) atoms. The summed E-state index contributed by atoms with van der Waals surface area (Å²) in [5.74, 6) is -0.181. The molecular weight excluding hydrogens is 389 g/mol. The smallest absolute Gasteiger partial charge is 0.323 e. The number of benzene rings is 2. The average Bonchev–Trinajstić information content (AvgIpc) is 3.38. The van der Waals surface area contributed by atoms with Crippen molar-refractivity contribution in [1.82, 2.24) is 13.6 Å². The van der Waals surface area contributed by atoms with Crippen LogP contribution in [0.2, 0.25) is 0 Å². The van der Waals surface area contributed by atoms with E-state index < -0.39 is 11.7 Å². The maximum absolute atomic E-state index is 12.7. The number of fused-ring (bicyclic) bond motifs is 1. The van der Waals surface area contributed by atoms with E-state index in [2.05, 4.69) is 14.1 Å². The second kappa shape index (κ2) is 7.48. The zero-order valence-corrected chi connectivity index (χ0v) is 15.6. The molecule has 2 aromatic carbocycles. The highest BCUT2D eigenvalue weighted by molar-refractivity contribution is 7.00. The van der Waals surface area contributed by atoms with Gasteiger partial charge < -0.3 is 5.32 Å². The quantitative estimate of drug-likeness (QED) is 0.663. The summed E-state index contributed by atoms with van der Waals surface area (Å²) in [5, 5.41) is 2.87. The first kappa shape index (κ1) is 18.8. The molecule has 0 radical (unpaired) electrons. The van der Waals surface area contributed by atoms with E-state index in [4.69, 9.17) is 0 Å². The van der Waals surface area contributed by atoms with Crippen molar-refractivity contribution in [2.75, 3.05) is 11.9 Å². The second-order valence-electron chi connectivity index (χ2n) is 6.82. The number of amides is 1. The molecule has 0 atom stereocenters. The number of carbonyl (C=O) groups is 1. The first-order valence-electron chi connectivity index (χ1n) is 8.81. The van der Waals surface area contributed by atoms with Crippen molar-refractivity contribution in [3.05, 3.63) is 53.6 Å². The van der Waals surface area contributed by atoms with Crippen molar-refractivity contribution < 1.29 is 18.0 Å². The lowest BCUT2D eigenvalue weighted by Crippen LogP contribution is -2.34. The van der Waals surface area contributed by atoms with Gasteiger partial charge in [0.15, 0.2) is 0 Å². The number of anilines is 1. The third-order valence-corrected chi connectivity index (χ3v) is 5.18. The molecule has 1 aliphatic rings. The van der Waals surface area contributed by atoms with Crippen LogP contribution in [0, 0.1) is 0 Å². The van der Waals surface area contributed by atoms with Crippen molar-refractivity contribution in [2.45, 2.75) is 31.6 Å². The van der Waals surface area contributed by atoms with Crippen molar-refractivity contribution in [1.29, 1.82) is 0 Å². The number of nitrogens with zero attached hydrogens (tertiary/aromatic N) is 3. The number of hydrogen-bond donors (Lipinski definition) is 1. The van der Waals surface area contributed by atoms with Gasteiger partial charge in [-0.3, -0.25) is 9.69 Å². The van der Waals surface area contributed by atoms with Gasteiger partial charge in [0.2, 0.25) is 5.91 Å². The van der Waals surface area contributed by atoms with Gasteiger partial charge in [0, 0.05) is 12.6 Å². The van der Waals surface area contributed by atoms with Crippen LogP contribution in [0.3, 0.4) is 0 Å². The molecule has 0 saturated heterocycles. The minimum atomic E-state index is -4.35. The Morgan fingerprint density at radius 3 is 2.57 bits per heavy atom. The van der Waals surface area contributed by atoms with Gasteiger partial charge >= 0.3 is 6.18 Å². The zero-order valence-electron chi connectivity index (χ0n) is 14.7. The molecular formula is C19H17F3N4OS. The molecule has 1 aliphatic carbocycles. The molecule has 9 heteroatoms. The molecule has 146 valence electrons. The van der Waals surface area contributed by atoms with E-state index in [9.17, 15) is 18.0 Å². The van der Waals surface area contributed by atoms with Crippen LogP contribution in [-0.2, 0) is 17.5 Å². The molecule has 1 aromatic heterocycles. The number of alkyl halides is 3. The Morgan fingerprint density at radius 2 is 1.89 bits per heavy atom. The molecule has 1 fully saturated rings. The minimum Gasteiger partial charge on any atom is -0.323 e. The molecule has 1 saturated carbocycles. The van der Waals surface area contributed by atoms with Gasteiger partial charge in [0.1, 0.15) is 11.0 Å². The lowest BCUT2D eigenvalue weighted by molar-refractivity contribution is -0.137. The van der Waals surface area contributed by atoms with Crippen molar-refractivity contribution in [3.63, 3.8) is 0 Å². The topological polar surface area (TPSA) is 58.1 Å². The highest BCUT2D eigenvalue weighted by atomic mass is 32.1. The minimum absolute atomic E-state index is 0.166. The van der Waals surface area contributed by atoms with Gasteiger partial charge in [-0.25, -0.2) is 0 Å². The predicted octanol–water partition coefficient (Wildman–Crippen LogP) is 4.31. The first-order chi connectivity index (χ1) is 13.4. The van der Waals surface area contributed by atoms with Crippen LogP contribution < -0.4 is 5.32 Å². The molecule has 1 N–H and O–H groups in total. The molecule has 1 amide bonds. The Morgan fingerprint density at radius 1 is 1.14 bits per heavy atom. The van der Waals surface area contributed by atoms with Crippen LogP contribution in [0.15, 0.2) is 42.5 Å². The SMILES string of the molecule is O=C(CN(Cc1ccc(C(F)(F)F)cc1)C1CC1)Nc1cccc2nsnc12. The van der Waals surface area contributed by atoms with Gasteiger partial charge in [0.25, 0.3) is 0 Å². The van der Waals surface area contributed by atoms with Crippen LogP contribution in [0.1, 0.15) is 24.0 Å². The summed E-state index contributed by atoms with van der Waals surface area (Å²) in [4.78, 5) is 14.5. The van der Waals surface area contributed by atoms with Gasteiger partial charge in [-0.15, -0.1) is 0 Å². The molecule has 0 spiro atoms. The summed E-state index contributed by atoms with van der Waals surface area (Å²) in [5.41, 5.74) is 2.07. The number of aromatic nitrogens is 2. The third kappa shape index (κ3) is 4.31. The predicted molar refractivity (Wildman–Crippen MR) is 101 cm³/mol. The van der Waals surface area contributed by atoms with Crippen LogP contribution in [0.5, 0.6) is 0 Å². The number of hydrogen-bond acceptors (Lipinski definition) is 5. The summed E-state index contributed by atoms with van der Waals surface area (Å²) in [6, 6.07) is 10.8. The van der Waals surface area contributed by atoms with Crippen molar-refractivity contribution in [3.8, 4) is 0 Å². The Hall–Kier alpha value is -2.52. The molecule has 1 heterocycles. The summed E-state index contributed by atoms with van der Waals surface area (Å²) in [6.45, 7) is 0.596. The average molecular weight is 406 g/mol. The lowest BCUT2D eigenvalue weighted by atomic mass is 10.1. The molecule has 3 aromatic rings. The fourth-order valence-electron chi connectivity index (χ4n) is 3.07. The Bertz CT molecular complexity index is 983. The molecule has 0 unspecified atom stereocenters. The van der Waals surface area contributed by atoms with Gasteiger partial charge in [-0.2, -0.15) is 21.9 Å². The van der Waals surface area contributed by atoms with Gasteiger partial charge in [-0.1, -0.05) is 18.2 Å². The van der Waals surface area contributed by atoms with Crippen molar-refractivity contribution in [2.24, 2.45) is 0 Å². The van der Waals surface area contributed by atoms with E-state index in [1.807, 2.05) is 11.0 Å². The Labute approximate surface area is 163 Å². The molecule has 4 rings (SSSR count). The Balaban J connectivity index is 1.42. The van der Waals surface area contributed by atoms with Crippen LogP contribution in [0.25, 0.3) is 11.0 Å². The van der Waals surface area contributed by atoms with Gasteiger partial charge in [-0.05, 0) is 42.7 Å². The summed E-state index contributed by atoms with van der Waals surface area (Å²) < 4.78 is 46.5. The van der Waals surface area contributed by atoms with Gasteiger partial charge in [0.05, 0.1) is 29.5 Å². The van der Waals surface area contributed by atoms with E-state index >= 15 is 0 Å². The molecule has 0 bridgehead atoms. The lowest BCUT2D eigenvalue weighted by Gasteiger charge is -2.22. The van der Waals surface area contributed by atoms with Crippen LogP contribution in [-0.4, -0.2) is 32.1 Å². The largest absolute Gasteiger partial charge is 0.416 e. The summed E-state index contributed by atoms with van der Waals surface area (Å²) in [7, 11) is 0. The fourth-order valence-corrected chi connectivity index (χ4v) is 3.62. The van der Waals surface area contributed by atoms with E-state index in [0.717, 1.165) is 47.8 Å².